The molecule has 1 heterocycles. The minimum absolute atomic E-state index is 0.329. The van der Waals surface area contributed by atoms with Crippen molar-refractivity contribution >= 4 is 46.2 Å². The van der Waals surface area contributed by atoms with Crippen molar-refractivity contribution < 1.29 is 4.79 Å². The number of hydrazone groups is 1. The second kappa shape index (κ2) is 6.99. The number of hydrogen-bond donors (Lipinski definition) is 1. The van der Waals surface area contributed by atoms with Gasteiger partial charge in [-0.2, -0.15) is 5.10 Å². The fourth-order valence-electron chi connectivity index (χ4n) is 2.21. The van der Waals surface area contributed by atoms with E-state index in [0.717, 1.165) is 16.5 Å². The molecule has 2 aromatic carbocycles. The zero-order valence-electron chi connectivity index (χ0n) is 12.8. The Kier molecular flexibility index (Phi) is 4.79. The molecule has 1 aromatic heterocycles. The third kappa shape index (κ3) is 3.72. The van der Waals surface area contributed by atoms with E-state index in [1.54, 1.807) is 24.3 Å². The van der Waals surface area contributed by atoms with Crippen LogP contribution >= 0.6 is 23.2 Å². The second-order valence-corrected chi connectivity index (χ2v) is 6.07. The summed E-state index contributed by atoms with van der Waals surface area (Å²) in [5, 5.41) is 5.81. The summed E-state index contributed by atoms with van der Waals surface area (Å²) in [6.45, 7) is 2.01. The number of nitrogens with zero attached hydrogens (tertiary/aromatic N) is 2. The van der Waals surface area contributed by atoms with Gasteiger partial charge in [0.1, 0.15) is 5.15 Å². The van der Waals surface area contributed by atoms with Crippen molar-refractivity contribution in [1.29, 1.82) is 0 Å². The van der Waals surface area contributed by atoms with Crippen LogP contribution in [0.3, 0.4) is 0 Å². The van der Waals surface area contributed by atoms with Crippen molar-refractivity contribution in [3.05, 3.63) is 75.4 Å². The lowest BCUT2D eigenvalue weighted by Crippen LogP contribution is -2.17. The molecule has 0 unspecified atom stereocenters. The average Bonchev–Trinajstić information content (AvgIpc) is 2.56. The first-order valence-corrected chi connectivity index (χ1v) is 7.94. The van der Waals surface area contributed by atoms with E-state index < -0.39 is 0 Å². The van der Waals surface area contributed by atoms with Crippen LogP contribution in [0, 0.1) is 6.92 Å². The van der Waals surface area contributed by atoms with Crippen LogP contribution in [0.4, 0.5) is 0 Å². The Morgan fingerprint density at radius 2 is 1.88 bits per heavy atom. The molecular weight excluding hydrogens is 345 g/mol. The average molecular weight is 358 g/mol. The lowest BCUT2D eigenvalue weighted by Gasteiger charge is -2.03. The monoisotopic (exact) mass is 357 g/mol. The molecule has 24 heavy (non-hydrogen) atoms. The third-order valence-electron chi connectivity index (χ3n) is 3.43. The summed E-state index contributed by atoms with van der Waals surface area (Å²) in [5.41, 5.74) is 5.50. The van der Waals surface area contributed by atoms with E-state index in [-0.39, 0.29) is 5.91 Å². The summed E-state index contributed by atoms with van der Waals surface area (Å²) in [4.78, 5) is 16.3. The van der Waals surface area contributed by atoms with Crippen molar-refractivity contribution in [3.8, 4) is 0 Å². The SMILES string of the molecule is Cc1ccc2nc(Cl)c(/C=N/NC(=O)c3ccc(Cl)cc3)cc2c1. The number of nitrogens with one attached hydrogen (secondary N) is 1. The standard InChI is InChI=1S/C18H13Cl2N3O/c1-11-2-7-16-13(8-11)9-14(17(20)22-16)10-21-23-18(24)12-3-5-15(19)6-4-12/h2-10H,1H3,(H,23,24)/b21-10+. The van der Waals surface area contributed by atoms with Crippen molar-refractivity contribution in [2.24, 2.45) is 5.10 Å². The molecule has 0 atom stereocenters. The molecule has 0 fully saturated rings. The number of benzene rings is 2. The van der Waals surface area contributed by atoms with Gasteiger partial charge in [0.2, 0.25) is 0 Å². The molecular formula is C18H13Cl2N3O. The normalized spacial score (nSPS) is 11.1. The third-order valence-corrected chi connectivity index (χ3v) is 3.98. The first kappa shape index (κ1) is 16.4. The smallest absolute Gasteiger partial charge is 0.267 e. The van der Waals surface area contributed by atoms with Crippen LogP contribution < -0.4 is 5.43 Å². The number of fused-ring (bicyclic) bond motifs is 1. The molecule has 0 bridgehead atoms. The molecule has 1 N–H and O–H groups in total. The van der Waals surface area contributed by atoms with Gasteiger partial charge in [0.05, 0.1) is 11.7 Å². The van der Waals surface area contributed by atoms with Gasteiger partial charge < -0.3 is 0 Å². The molecule has 1 amide bonds. The van der Waals surface area contributed by atoms with Gasteiger partial charge in [0, 0.05) is 21.5 Å². The highest BCUT2D eigenvalue weighted by Crippen LogP contribution is 2.20. The zero-order chi connectivity index (χ0) is 17.1. The highest BCUT2D eigenvalue weighted by atomic mass is 35.5. The predicted octanol–water partition coefficient (Wildman–Crippen LogP) is 4.61. The van der Waals surface area contributed by atoms with Crippen LogP contribution in [-0.4, -0.2) is 17.1 Å². The number of carbonyl (C=O) groups is 1. The Morgan fingerprint density at radius 3 is 2.62 bits per heavy atom. The maximum Gasteiger partial charge on any atom is 0.271 e. The van der Waals surface area contributed by atoms with Crippen molar-refractivity contribution in [2.75, 3.05) is 0 Å². The minimum atomic E-state index is -0.330. The van der Waals surface area contributed by atoms with Gasteiger partial charge >= 0.3 is 0 Å². The maximum atomic E-state index is 12.0. The van der Waals surface area contributed by atoms with Gasteiger partial charge in [-0.1, -0.05) is 34.8 Å². The van der Waals surface area contributed by atoms with E-state index in [9.17, 15) is 4.79 Å². The zero-order valence-corrected chi connectivity index (χ0v) is 14.3. The summed E-state index contributed by atoms with van der Waals surface area (Å²) < 4.78 is 0. The van der Waals surface area contributed by atoms with Gasteiger partial charge in [-0.05, 0) is 49.4 Å². The molecule has 0 saturated heterocycles. The lowest BCUT2D eigenvalue weighted by molar-refractivity contribution is 0.0955. The van der Waals surface area contributed by atoms with Gasteiger partial charge in [0.25, 0.3) is 5.91 Å². The molecule has 0 aliphatic rings. The van der Waals surface area contributed by atoms with Gasteiger partial charge in [-0.3, -0.25) is 4.79 Å². The van der Waals surface area contributed by atoms with Gasteiger partial charge in [-0.25, -0.2) is 10.4 Å². The second-order valence-electron chi connectivity index (χ2n) is 5.27. The summed E-state index contributed by atoms with van der Waals surface area (Å²) >= 11 is 12.0. The highest BCUT2D eigenvalue weighted by Gasteiger charge is 2.05. The number of aromatic nitrogens is 1. The predicted molar refractivity (Wildman–Crippen MR) is 98.0 cm³/mol. The Bertz CT molecular complexity index is 937. The lowest BCUT2D eigenvalue weighted by atomic mass is 10.1. The molecule has 3 aromatic rings. The number of amides is 1. The van der Waals surface area contributed by atoms with Gasteiger partial charge in [0.15, 0.2) is 0 Å². The first-order valence-electron chi connectivity index (χ1n) is 7.19. The van der Waals surface area contributed by atoms with Crippen molar-refractivity contribution in [3.63, 3.8) is 0 Å². The molecule has 0 aliphatic heterocycles. The Balaban J connectivity index is 1.78. The van der Waals surface area contributed by atoms with Crippen LogP contribution in [0.1, 0.15) is 21.5 Å². The molecule has 3 rings (SSSR count). The maximum absolute atomic E-state index is 12.0. The Labute approximate surface area is 149 Å². The summed E-state index contributed by atoms with van der Waals surface area (Å²) in [6.07, 6.45) is 1.48. The Morgan fingerprint density at radius 1 is 1.12 bits per heavy atom. The first-order chi connectivity index (χ1) is 11.5. The number of hydrogen-bond acceptors (Lipinski definition) is 3. The fourth-order valence-corrected chi connectivity index (χ4v) is 2.53. The molecule has 4 nitrogen and oxygen atoms in total. The quantitative estimate of drug-likeness (QED) is 0.422. The van der Waals surface area contributed by atoms with Crippen molar-refractivity contribution in [1.82, 2.24) is 10.4 Å². The fraction of sp³-hybridized carbons (Fsp3) is 0.0556. The van der Waals surface area contributed by atoms with Crippen LogP contribution in [0.15, 0.2) is 53.6 Å². The van der Waals surface area contributed by atoms with E-state index in [1.165, 1.54) is 6.21 Å². The van der Waals surface area contributed by atoms with E-state index in [4.69, 9.17) is 23.2 Å². The molecule has 120 valence electrons. The summed E-state index contributed by atoms with van der Waals surface area (Å²) in [5.74, 6) is -0.330. The number of halogens is 2. The van der Waals surface area contributed by atoms with Crippen LogP contribution in [-0.2, 0) is 0 Å². The van der Waals surface area contributed by atoms with Gasteiger partial charge in [-0.15, -0.1) is 0 Å². The minimum Gasteiger partial charge on any atom is -0.267 e. The van der Waals surface area contributed by atoms with Crippen LogP contribution in [0.5, 0.6) is 0 Å². The van der Waals surface area contributed by atoms with E-state index in [0.29, 0.717) is 21.3 Å². The highest BCUT2D eigenvalue weighted by molar-refractivity contribution is 6.32. The van der Waals surface area contributed by atoms with E-state index >= 15 is 0 Å². The topological polar surface area (TPSA) is 54.4 Å². The molecule has 6 heteroatoms. The largest absolute Gasteiger partial charge is 0.271 e. The van der Waals surface area contributed by atoms with Crippen molar-refractivity contribution in [2.45, 2.75) is 6.92 Å². The number of carbonyl (C=O) groups excluding carboxylic acids is 1. The number of aryl methyl sites for hydroxylation is 1. The molecule has 0 radical (unpaired) electrons. The number of pyridine rings is 1. The summed E-state index contributed by atoms with van der Waals surface area (Å²) in [7, 11) is 0. The number of rotatable bonds is 3. The molecule has 0 saturated carbocycles. The van der Waals surface area contributed by atoms with E-state index in [2.05, 4.69) is 15.5 Å². The van der Waals surface area contributed by atoms with Crippen LogP contribution in [0.2, 0.25) is 10.2 Å². The summed E-state index contributed by atoms with van der Waals surface area (Å²) in [6, 6.07) is 14.3. The molecule has 0 spiro atoms. The van der Waals surface area contributed by atoms with Crippen LogP contribution in [0.25, 0.3) is 10.9 Å². The van der Waals surface area contributed by atoms with E-state index in [1.807, 2.05) is 31.2 Å². The Hall–Kier alpha value is -2.43. The molecule has 0 aliphatic carbocycles.